The number of aryl methyl sites for hydroxylation is 1. The summed E-state index contributed by atoms with van der Waals surface area (Å²) >= 11 is 1.74. The molecule has 0 amide bonds. The standard InChI is InChI=1S/C14H18N4S/c15-18-14-11-6-2-1-3-7-12(11)16-13(17-14)9-10-5-4-8-19-10/h4-5,8H,1-3,6-7,9,15H2,(H,16,17,18). The van der Waals surface area contributed by atoms with E-state index in [-0.39, 0.29) is 0 Å². The molecule has 0 atom stereocenters. The maximum Gasteiger partial charge on any atom is 0.147 e. The predicted octanol–water partition coefficient (Wildman–Crippen LogP) is 2.68. The Kier molecular flexibility index (Phi) is 3.75. The number of nitrogen functional groups attached to an aromatic ring is 1. The van der Waals surface area contributed by atoms with E-state index in [1.54, 1.807) is 11.3 Å². The van der Waals surface area contributed by atoms with Gasteiger partial charge in [0.1, 0.15) is 11.6 Å². The van der Waals surface area contributed by atoms with Crippen LogP contribution in [0.5, 0.6) is 0 Å². The Morgan fingerprint density at radius 2 is 2.11 bits per heavy atom. The first-order valence-electron chi connectivity index (χ1n) is 6.74. The van der Waals surface area contributed by atoms with Crippen LogP contribution in [-0.4, -0.2) is 9.97 Å². The van der Waals surface area contributed by atoms with Crippen LogP contribution in [0.4, 0.5) is 5.82 Å². The fraction of sp³-hybridized carbons (Fsp3) is 0.429. The van der Waals surface area contributed by atoms with E-state index in [4.69, 9.17) is 10.8 Å². The van der Waals surface area contributed by atoms with Crippen LogP contribution in [0, 0.1) is 0 Å². The fourth-order valence-electron chi connectivity index (χ4n) is 2.59. The van der Waals surface area contributed by atoms with Crippen LogP contribution >= 0.6 is 11.3 Å². The molecule has 0 unspecified atom stereocenters. The number of thiophene rings is 1. The molecule has 1 aliphatic rings. The molecule has 0 saturated carbocycles. The summed E-state index contributed by atoms with van der Waals surface area (Å²) in [7, 11) is 0. The Balaban J connectivity index is 1.95. The van der Waals surface area contributed by atoms with Gasteiger partial charge in [-0.2, -0.15) is 0 Å². The molecule has 0 aromatic carbocycles. The monoisotopic (exact) mass is 274 g/mol. The number of rotatable bonds is 3. The third kappa shape index (κ3) is 2.77. The predicted molar refractivity (Wildman–Crippen MR) is 78.2 cm³/mol. The molecular weight excluding hydrogens is 256 g/mol. The maximum atomic E-state index is 5.63. The summed E-state index contributed by atoms with van der Waals surface area (Å²) in [6.07, 6.45) is 6.56. The van der Waals surface area contributed by atoms with E-state index in [0.29, 0.717) is 0 Å². The molecule has 100 valence electrons. The Hall–Kier alpha value is -1.46. The fourth-order valence-corrected chi connectivity index (χ4v) is 3.29. The molecule has 0 saturated heterocycles. The molecule has 0 fully saturated rings. The minimum absolute atomic E-state index is 0.791. The summed E-state index contributed by atoms with van der Waals surface area (Å²) in [6.45, 7) is 0. The van der Waals surface area contributed by atoms with E-state index < -0.39 is 0 Å². The Labute approximate surface area is 117 Å². The number of nitrogens with one attached hydrogen (secondary N) is 1. The lowest BCUT2D eigenvalue weighted by Crippen LogP contribution is -2.15. The molecule has 0 spiro atoms. The number of hydrogen-bond acceptors (Lipinski definition) is 5. The second-order valence-electron chi connectivity index (χ2n) is 4.87. The van der Waals surface area contributed by atoms with Crippen LogP contribution in [0.25, 0.3) is 0 Å². The van der Waals surface area contributed by atoms with Crippen LogP contribution < -0.4 is 11.3 Å². The molecule has 2 heterocycles. The maximum absolute atomic E-state index is 5.63. The average Bonchev–Trinajstić information content (AvgIpc) is 2.81. The van der Waals surface area contributed by atoms with Crippen LogP contribution in [0.1, 0.15) is 41.2 Å². The summed E-state index contributed by atoms with van der Waals surface area (Å²) in [5.41, 5.74) is 5.16. The summed E-state index contributed by atoms with van der Waals surface area (Å²) in [5, 5.41) is 2.08. The molecule has 19 heavy (non-hydrogen) atoms. The van der Waals surface area contributed by atoms with Gasteiger partial charge in [-0.05, 0) is 37.1 Å². The number of hydrazine groups is 1. The molecule has 2 aromatic rings. The van der Waals surface area contributed by atoms with E-state index in [1.807, 2.05) is 0 Å². The van der Waals surface area contributed by atoms with Crippen LogP contribution in [0.3, 0.4) is 0 Å². The lowest BCUT2D eigenvalue weighted by Gasteiger charge is -2.12. The highest BCUT2D eigenvalue weighted by Crippen LogP contribution is 2.25. The van der Waals surface area contributed by atoms with Crippen LogP contribution in [0.15, 0.2) is 17.5 Å². The first kappa shape index (κ1) is 12.6. The van der Waals surface area contributed by atoms with Gasteiger partial charge in [-0.15, -0.1) is 11.3 Å². The van der Waals surface area contributed by atoms with Crippen LogP contribution in [0.2, 0.25) is 0 Å². The van der Waals surface area contributed by atoms with Gasteiger partial charge in [-0.3, -0.25) is 0 Å². The second-order valence-corrected chi connectivity index (χ2v) is 5.91. The second kappa shape index (κ2) is 5.67. The van der Waals surface area contributed by atoms with Gasteiger partial charge in [-0.25, -0.2) is 15.8 Å². The van der Waals surface area contributed by atoms with Crippen molar-refractivity contribution in [1.82, 2.24) is 9.97 Å². The number of hydrogen-bond donors (Lipinski definition) is 2. The molecule has 3 N–H and O–H groups in total. The SMILES string of the molecule is NNc1nc(Cc2cccs2)nc2c1CCCCC2. The number of anilines is 1. The highest BCUT2D eigenvalue weighted by atomic mass is 32.1. The number of nitrogens with zero attached hydrogens (tertiary/aromatic N) is 2. The van der Waals surface area contributed by atoms with Crippen molar-refractivity contribution in [3.05, 3.63) is 39.5 Å². The summed E-state index contributed by atoms with van der Waals surface area (Å²) in [4.78, 5) is 10.6. The van der Waals surface area contributed by atoms with Gasteiger partial charge in [0.2, 0.25) is 0 Å². The smallest absolute Gasteiger partial charge is 0.147 e. The average molecular weight is 274 g/mol. The molecule has 4 nitrogen and oxygen atoms in total. The normalized spacial score (nSPS) is 14.8. The number of nitrogens with two attached hydrogens (primary N) is 1. The minimum Gasteiger partial charge on any atom is -0.308 e. The van der Waals surface area contributed by atoms with Crippen molar-refractivity contribution in [1.29, 1.82) is 0 Å². The van der Waals surface area contributed by atoms with Crippen molar-refractivity contribution in [2.75, 3.05) is 5.43 Å². The molecule has 3 rings (SSSR count). The van der Waals surface area contributed by atoms with E-state index in [9.17, 15) is 0 Å². The van der Waals surface area contributed by atoms with Crippen molar-refractivity contribution in [3.63, 3.8) is 0 Å². The van der Waals surface area contributed by atoms with Gasteiger partial charge in [0.05, 0.1) is 0 Å². The van der Waals surface area contributed by atoms with Gasteiger partial charge >= 0.3 is 0 Å². The first-order valence-corrected chi connectivity index (χ1v) is 7.62. The Morgan fingerprint density at radius 1 is 1.21 bits per heavy atom. The highest BCUT2D eigenvalue weighted by molar-refractivity contribution is 7.09. The van der Waals surface area contributed by atoms with Gasteiger partial charge in [-0.1, -0.05) is 12.5 Å². The van der Waals surface area contributed by atoms with Gasteiger partial charge in [0.15, 0.2) is 0 Å². The molecule has 0 radical (unpaired) electrons. The lowest BCUT2D eigenvalue weighted by molar-refractivity contribution is 0.708. The topological polar surface area (TPSA) is 63.8 Å². The molecule has 0 bridgehead atoms. The molecular formula is C14H18N4S. The zero-order valence-corrected chi connectivity index (χ0v) is 11.7. The van der Waals surface area contributed by atoms with E-state index in [1.165, 1.54) is 35.4 Å². The summed E-state index contributed by atoms with van der Waals surface area (Å²) in [6, 6.07) is 4.18. The zero-order valence-electron chi connectivity index (χ0n) is 10.9. The van der Waals surface area contributed by atoms with Crippen LogP contribution in [-0.2, 0) is 19.3 Å². The quantitative estimate of drug-likeness (QED) is 0.513. The minimum atomic E-state index is 0.791. The third-order valence-electron chi connectivity index (χ3n) is 3.53. The molecule has 1 aliphatic carbocycles. The lowest BCUT2D eigenvalue weighted by atomic mass is 10.1. The highest BCUT2D eigenvalue weighted by Gasteiger charge is 2.16. The first-order chi connectivity index (χ1) is 9.36. The van der Waals surface area contributed by atoms with E-state index in [0.717, 1.165) is 30.9 Å². The molecule has 5 heteroatoms. The van der Waals surface area contributed by atoms with Crippen molar-refractivity contribution >= 4 is 17.2 Å². The van der Waals surface area contributed by atoms with Gasteiger partial charge < -0.3 is 5.43 Å². The molecule has 0 aliphatic heterocycles. The van der Waals surface area contributed by atoms with Crippen molar-refractivity contribution in [2.45, 2.75) is 38.5 Å². The van der Waals surface area contributed by atoms with Gasteiger partial charge in [0, 0.05) is 22.6 Å². The third-order valence-corrected chi connectivity index (χ3v) is 4.40. The Bertz CT molecular complexity index is 551. The Morgan fingerprint density at radius 3 is 2.89 bits per heavy atom. The van der Waals surface area contributed by atoms with Gasteiger partial charge in [0.25, 0.3) is 0 Å². The van der Waals surface area contributed by atoms with E-state index in [2.05, 4.69) is 27.9 Å². The van der Waals surface area contributed by atoms with Crippen molar-refractivity contribution < 1.29 is 0 Å². The number of fused-ring (bicyclic) bond motifs is 1. The number of aromatic nitrogens is 2. The van der Waals surface area contributed by atoms with Crippen molar-refractivity contribution in [3.8, 4) is 0 Å². The largest absolute Gasteiger partial charge is 0.308 e. The zero-order chi connectivity index (χ0) is 13.1. The summed E-state index contributed by atoms with van der Waals surface area (Å²) in [5.74, 6) is 7.32. The van der Waals surface area contributed by atoms with Crippen molar-refractivity contribution in [2.24, 2.45) is 5.84 Å². The van der Waals surface area contributed by atoms with E-state index >= 15 is 0 Å². The summed E-state index contributed by atoms with van der Waals surface area (Å²) < 4.78 is 0. The molecule has 2 aromatic heterocycles.